The van der Waals surface area contributed by atoms with Gasteiger partial charge in [0.25, 0.3) is 5.89 Å². The molecule has 0 amide bonds. The highest BCUT2D eigenvalue weighted by atomic mass is 16.5. The van der Waals surface area contributed by atoms with E-state index >= 15 is 0 Å². The first-order valence-corrected chi connectivity index (χ1v) is 7.34. The summed E-state index contributed by atoms with van der Waals surface area (Å²) in [6.45, 7) is 0. The van der Waals surface area contributed by atoms with E-state index < -0.39 is 5.97 Å². The van der Waals surface area contributed by atoms with Crippen LogP contribution in [0.2, 0.25) is 0 Å². The van der Waals surface area contributed by atoms with Crippen LogP contribution in [0.25, 0.3) is 11.5 Å². The van der Waals surface area contributed by atoms with Gasteiger partial charge in [-0.25, -0.2) is 4.79 Å². The Bertz CT molecular complexity index is 840. The summed E-state index contributed by atoms with van der Waals surface area (Å²) in [5.74, 6) is 1.18. The van der Waals surface area contributed by atoms with Gasteiger partial charge in [-0.2, -0.15) is 4.98 Å². The summed E-state index contributed by atoms with van der Waals surface area (Å²) in [6.07, 6.45) is 0.522. The SMILES string of the molecule is COC(=O)c1ccccc1-c1nc(Cc2ccc(OC)cc2)no1. The number of nitrogens with zero attached hydrogens (tertiary/aromatic N) is 2. The van der Waals surface area contributed by atoms with Crippen molar-refractivity contribution in [3.8, 4) is 17.2 Å². The van der Waals surface area contributed by atoms with E-state index in [9.17, 15) is 4.79 Å². The highest BCUT2D eigenvalue weighted by Crippen LogP contribution is 2.23. The predicted octanol–water partition coefficient (Wildman–Crippen LogP) is 3.12. The van der Waals surface area contributed by atoms with Crippen LogP contribution in [0.3, 0.4) is 0 Å². The van der Waals surface area contributed by atoms with Gasteiger partial charge in [0.15, 0.2) is 5.82 Å². The van der Waals surface area contributed by atoms with Crippen LogP contribution in [0.1, 0.15) is 21.7 Å². The Labute approximate surface area is 139 Å². The lowest BCUT2D eigenvalue weighted by Crippen LogP contribution is -2.03. The zero-order valence-electron chi connectivity index (χ0n) is 13.4. The third kappa shape index (κ3) is 3.27. The molecule has 6 heteroatoms. The standard InChI is InChI=1S/C18H16N2O4/c1-22-13-9-7-12(8-10-13)11-16-19-17(24-20-16)14-5-3-4-6-15(14)18(21)23-2/h3-10H,11H2,1-2H3. The van der Waals surface area contributed by atoms with Crippen LogP contribution in [-0.2, 0) is 11.2 Å². The Morgan fingerprint density at radius 1 is 1.08 bits per heavy atom. The number of benzene rings is 2. The third-order valence-corrected chi connectivity index (χ3v) is 3.55. The van der Waals surface area contributed by atoms with Crippen molar-refractivity contribution in [3.63, 3.8) is 0 Å². The van der Waals surface area contributed by atoms with E-state index in [1.54, 1.807) is 31.4 Å². The van der Waals surface area contributed by atoms with Gasteiger partial charge >= 0.3 is 5.97 Å². The van der Waals surface area contributed by atoms with Gasteiger partial charge in [-0.1, -0.05) is 29.4 Å². The molecule has 0 radical (unpaired) electrons. The molecular formula is C18H16N2O4. The van der Waals surface area contributed by atoms with E-state index in [1.165, 1.54) is 7.11 Å². The van der Waals surface area contributed by atoms with E-state index in [4.69, 9.17) is 14.0 Å². The second kappa shape index (κ2) is 6.95. The monoisotopic (exact) mass is 324 g/mol. The van der Waals surface area contributed by atoms with Gasteiger partial charge < -0.3 is 14.0 Å². The number of carbonyl (C=O) groups excluding carboxylic acids is 1. The van der Waals surface area contributed by atoms with Crippen molar-refractivity contribution in [2.45, 2.75) is 6.42 Å². The van der Waals surface area contributed by atoms with Crippen molar-refractivity contribution in [1.82, 2.24) is 10.1 Å². The van der Waals surface area contributed by atoms with Crippen molar-refractivity contribution in [1.29, 1.82) is 0 Å². The van der Waals surface area contributed by atoms with Crippen molar-refractivity contribution in [2.75, 3.05) is 14.2 Å². The fourth-order valence-electron chi connectivity index (χ4n) is 2.32. The first kappa shape index (κ1) is 15.7. The first-order chi connectivity index (χ1) is 11.7. The van der Waals surface area contributed by atoms with E-state index in [0.29, 0.717) is 29.3 Å². The summed E-state index contributed by atoms with van der Waals surface area (Å²) in [6, 6.07) is 14.6. The lowest BCUT2D eigenvalue weighted by atomic mass is 10.1. The van der Waals surface area contributed by atoms with Gasteiger partial charge in [-0.3, -0.25) is 0 Å². The molecule has 0 aliphatic heterocycles. The topological polar surface area (TPSA) is 74.5 Å². The lowest BCUT2D eigenvalue weighted by molar-refractivity contribution is 0.0601. The molecule has 0 aliphatic rings. The van der Waals surface area contributed by atoms with Crippen LogP contribution in [0.4, 0.5) is 0 Å². The fraction of sp³-hybridized carbons (Fsp3) is 0.167. The maximum absolute atomic E-state index is 11.8. The quantitative estimate of drug-likeness (QED) is 0.671. The highest BCUT2D eigenvalue weighted by molar-refractivity contribution is 5.96. The maximum Gasteiger partial charge on any atom is 0.338 e. The molecule has 122 valence electrons. The maximum atomic E-state index is 11.8. The molecule has 0 unspecified atom stereocenters. The molecule has 0 bridgehead atoms. The van der Waals surface area contributed by atoms with E-state index in [1.807, 2.05) is 24.3 Å². The summed E-state index contributed by atoms with van der Waals surface area (Å²) in [4.78, 5) is 16.2. The smallest absolute Gasteiger partial charge is 0.338 e. The van der Waals surface area contributed by atoms with Gasteiger partial charge in [0.05, 0.1) is 25.3 Å². The number of hydrogen-bond donors (Lipinski definition) is 0. The highest BCUT2D eigenvalue weighted by Gasteiger charge is 2.17. The number of hydrogen-bond acceptors (Lipinski definition) is 6. The molecule has 0 aliphatic carbocycles. The third-order valence-electron chi connectivity index (χ3n) is 3.55. The molecule has 0 saturated heterocycles. The zero-order valence-corrected chi connectivity index (χ0v) is 13.4. The molecule has 1 aromatic heterocycles. The van der Waals surface area contributed by atoms with Crippen LogP contribution in [0.15, 0.2) is 53.1 Å². The normalized spacial score (nSPS) is 10.4. The van der Waals surface area contributed by atoms with E-state index in [0.717, 1.165) is 11.3 Å². The Balaban J connectivity index is 1.84. The molecule has 1 heterocycles. The zero-order chi connectivity index (χ0) is 16.9. The summed E-state index contributed by atoms with van der Waals surface area (Å²) >= 11 is 0. The van der Waals surface area contributed by atoms with Crippen LogP contribution in [-0.4, -0.2) is 30.3 Å². The minimum atomic E-state index is -0.444. The summed E-state index contributed by atoms with van der Waals surface area (Å²) in [5, 5.41) is 3.99. The minimum Gasteiger partial charge on any atom is -0.497 e. The molecule has 0 saturated carbocycles. The summed E-state index contributed by atoms with van der Waals surface area (Å²) < 4.78 is 15.2. The van der Waals surface area contributed by atoms with Gasteiger partial charge in [0.1, 0.15) is 5.75 Å². The molecular weight excluding hydrogens is 308 g/mol. The average Bonchev–Trinajstić information content (AvgIpc) is 3.10. The molecule has 0 N–H and O–H groups in total. The van der Waals surface area contributed by atoms with Gasteiger partial charge in [-0.05, 0) is 29.8 Å². The van der Waals surface area contributed by atoms with Gasteiger partial charge in [-0.15, -0.1) is 0 Å². The second-order valence-corrected chi connectivity index (χ2v) is 5.08. The number of rotatable bonds is 5. The molecule has 24 heavy (non-hydrogen) atoms. The van der Waals surface area contributed by atoms with Crippen molar-refractivity contribution in [2.24, 2.45) is 0 Å². The molecule has 0 spiro atoms. The number of aromatic nitrogens is 2. The van der Waals surface area contributed by atoms with Crippen molar-refractivity contribution >= 4 is 5.97 Å². The molecule has 0 fully saturated rings. The van der Waals surface area contributed by atoms with Crippen LogP contribution in [0.5, 0.6) is 5.75 Å². The molecule has 3 aromatic rings. The summed E-state index contributed by atoms with van der Waals surface area (Å²) in [5.41, 5.74) is 1.97. The second-order valence-electron chi connectivity index (χ2n) is 5.08. The molecule has 3 rings (SSSR count). The molecule has 2 aromatic carbocycles. The number of ether oxygens (including phenoxy) is 2. The average molecular weight is 324 g/mol. The van der Waals surface area contributed by atoms with Gasteiger partial charge in [0.2, 0.25) is 0 Å². The van der Waals surface area contributed by atoms with Crippen molar-refractivity contribution in [3.05, 3.63) is 65.5 Å². The first-order valence-electron chi connectivity index (χ1n) is 7.34. The van der Waals surface area contributed by atoms with Crippen LogP contribution < -0.4 is 4.74 Å². The lowest BCUT2D eigenvalue weighted by Gasteiger charge is -2.03. The van der Waals surface area contributed by atoms with Gasteiger partial charge in [0, 0.05) is 6.42 Å². The summed E-state index contributed by atoms with van der Waals surface area (Å²) in [7, 11) is 2.96. The van der Waals surface area contributed by atoms with Crippen molar-refractivity contribution < 1.29 is 18.8 Å². The number of methoxy groups -OCH3 is 2. The Hall–Kier alpha value is -3.15. The Morgan fingerprint density at radius 3 is 2.54 bits per heavy atom. The van der Waals surface area contributed by atoms with E-state index in [-0.39, 0.29) is 0 Å². The largest absolute Gasteiger partial charge is 0.497 e. The Morgan fingerprint density at radius 2 is 1.83 bits per heavy atom. The Kier molecular flexibility index (Phi) is 4.56. The number of esters is 1. The minimum absolute atomic E-state index is 0.291. The molecule has 0 atom stereocenters. The predicted molar refractivity (Wildman–Crippen MR) is 86.9 cm³/mol. The van der Waals surface area contributed by atoms with Crippen LogP contribution >= 0.6 is 0 Å². The fourth-order valence-corrected chi connectivity index (χ4v) is 2.32. The molecule has 6 nitrogen and oxygen atoms in total. The number of carbonyl (C=O) groups is 1. The van der Waals surface area contributed by atoms with E-state index in [2.05, 4.69) is 10.1 Å². The van der Waals surface area contributed by atoms with Crippen LogP contribution in [0, 0.1) is 0 Å².